The molecule has 1 N–H and O–H groups in total. The second kappa shape index (κ2) is 3.88. The summed E-state index contributed by atoms with van der Waals surface area (Å²) >= 11 is 0. The van der Waals surface area contributed by atoms with E-state index in [1.54, 1.807) is 0 Å². The molecule has 0 aromatic heterocycles. The first-order valence-corrected chi connectivity index (χ1v) is 4.41. The summed E-state index contributed by atoms with van der Waals surface area (Å²) in [6.07, 6.45) is 1.73. The van der Waals surface area contributed by atoms with E-state index < -0.39 is 0 Å². The van der Waals surface area contributed by atoms with Gasteiger partial charge in [-0.05, 0) is 32.7 Å². The van der Waals surface area contributed by atoms with E-state index >= 15 is 0 Å². The number of nitrogens with zero attached hydrogens (tertiary/aromatic N) is 2. The highest BCUT2D eigenvalue weighted by Crippen LogP contribution is 2.27. The quantitative estimate of drug-likeness (QED) is 0.671. The molecule has 1 aliphatic rings. The molecule has 1 unspecified atom stereocenters. The molecule has 1 rings (SSSR count). The Morgan fingerprint density at radius 1 is 1.67 bits per heavy atom. The van der Waals surface area contributed by atoms with Crippen molar-refractivity contribution in [3.8, 4) is 6.07 Å². The average molecular weight is 168 g/mol. The summed E-state index contributed by atoms with van der Waals surface area (Å²) in [6, 6.07) is 2.18. The van der Waals surface area contributed by atoms with Gasteiger partial charge in [0.05, 0.1) is 18.2 Å². The molecule has 3 nitrogen and oxygen atoms in total. The SMILES string of the molecule is CC(C#N)N(C)CC1CC(O)C1. The van der Waals surface area contributed by atoms with Crippen LogP contribution in [0.1, 0.15) is 19.8 Å². The summed E-state index contributed by atoms with van der Waals surface area (Å²) in [5, 5.41) is 17.7. The standard InChI is InChI=1S/C9H16N2O/c1-7(5-10)11(2)6-8-3-9(12)4-8/h7-9,12H,3-4,6H2,1-2H3. The molecular weight excluding hydrogens is 152 g/mol. The van der Waals surface area contributed by atoms with Crippen LogP contribution >= 0.6 is 0 Å². The van der Waals surface area contributed by atoms with Crippen molar-refractivity contribution >= 4 is 0 Å². The van der Waals surface area contributed by atoms with Crippen LogP contribution in [0.3, 0.4) is 0 Å². The molecule has 1 saturated carbocycles. The third kappa shape index (κ3) is 2.20. The molecule has 0 bridgehead atoms. The lowest BCUT2D eigenvalue weighted by Gasteiger charge is -2.35. The van der Waals surface area contributed by atoms with Gasteiger partial charge in [-0.2, -0.15) is 5.26 Å². The van der Waals surface area contributed by atoms with E-state index in [-0.39, 0.29) is 12.1 Å². The van der Waals surface area contributed by atoms with Crippen molar-refractivity contribution in [2.24, 2.45) is 5.92 Å². The molecule has 68 valence electrons. The zero-order chi connectivity index (χ0) is 9.14. The van der Waals surface area contributed by atoms with Crippen molar-refractivity contribution in [2.45, 2.75) is 31.9 Å². The van der Waals surface area contributed by atoms with Crippen LogP contribution in [-0.2, 0) is 0 Å². The molecule has 0 aliphatic heterocycles. The van der Waals surface area contributed by atoms with E-state index in [0.29, 0.717) is 5.92 Å². The van der Waals surface area contributed by atoms with E-state index in [1.807, 2.05) is 18.9 Å². The van der Waals surface area contributed by atoms with Crippen LogP contribution in [0.4, 0.5) is 0 Å². The first-order chi connectivity index (χ1) is 5.63. The second-order valence-electron chi connectivity index (χ2n) is 3.74. The Kier molecular flexibility index (Phi) is 3.07. The van der Waals surface area contributed by atoms with Crippen LogP contribution in [0, 0.1) is 17.2 Å². The number of nitriles is 1. The van der Waals surface area contributed by atoms with E-state index in [9.17, 15) is 0 Å². The normalized spacial score (nSPS) is 30.9. The highest BCUT2D eigenvalue weighted by atomic mass is 16.3. The highest BCUT2D eigenvalue weighted by molar-refractivity contribution is 4.89. The van der Waals surface area contributed by atoms with Crippen LogP contribution in [0.2, 0.25) is 0 Å². The minimum atomic E-state index is -0.0826. The number of aliphatic hydroxyl groups excluding tert-OH is 1. The van der Waals surface area contributed by atoms with Crippen LogP contribution in [-0.4, -0.2) is 35.7 Å². The van der Waals surface area contributed by atoms with Gasteiger partial charge in [-0.15, -0.1) is 0 Å². The Bertz CT molecular complexity index is 181. The van der Waals surface area contributed by atoms with Gasteiger partial charge in [-0.25, -0.2) is 0 Å². The number of hydrogen-bond donors (Lipinski definition) is 1. The van der Waals surface area contributed by atoms with Gasteiger partial charge in [-0.3, -0.25) is 4.90 Å². The molecule has 0 spiro atoms. The van der Waals surface area contributed by atoms with Gasteiger partial charge in [0.25, 0.3) is 0 Å². The van der Waals surface area contributed by atoms with Gasteiger partial charge in [0.15, 0.2) is 0 Å². The molecule has 1 atom stereocenters. The van der Waals surface area contributed by atoms with Crippen LogP contribution in [0.5, 0.6) is 0 Å². The molecule has 12 heavy (non-hydrogen) atoms. The lowest BCUT2D eigenvalue weighted by atomic mass is 9.82. The Morgan fingerprint density at radius 2 is 2.25 bits per heavy atom. The first kappa shape index (κ1) is 9.50. The lowest BCUT2D eigenvalue weighted by Crippen LogP contribution is -2.40. The van der Waals surface area contributed by atoms with Crippen molar-refractivity contribution in [3.63, 3.8) is 0 Å². The number of rotatable bonds is 3. The zero-order valence-corrected chi connectivity index (χ0v) is 7.70. The maximum atomic E-state index is 9.04. The number of hydrogen-bond acceptors (Lipinski definition) is 3. The van der Waals surface area contributed by atoms with Crippen molar-refractivity contribution < 1.29 is 5.11 Å². The van der Waals surface area contributed by atoms with E-state index in [4.69, 9.17) is 10.4 Å². The Labute approximate surface area is 73.6 Å². The van der Waals surface area contributed by atoms with Crippen LogP contribution < -0.4 is 0 Å². The van der Waals surface area contributed by atoms with Crippen LogP contribution in [0.25, 0.3) is 0 Å². The van der Waals surface area contributed by atoms with Gasteiger partial charge in [0.2, 0.25) is 0 Å². The lowest BCUT2D eigenvalue weighted by molar-refractivity contribution is 0.0261. The summed E-state index contributed by atoms with van der Waals surface area (Å²) in [5.74, 6) is 0.598. The monoisotopic (exact) mass is 168 g/mol. The Balaban J connectivity index is 2.19. The molecule has 0 aromatic rings. The zero-order valence-electron chi connectivity index (χ0n) is 7.70. The molecular formula is C9H16N2O. The Hall–Kier alpha value is -0.590. The predicted molar refractivity (Wildman–Crippen MR) is 46.4 cm³/mol. The summed E-state index contributed by atoms with van der Waals surface area (Å²) in [7, 11) is 1.96. The van der Waals surface area contributed by atoms with Gasteiger partial charge in [0, 0.05) is 6.54 Å². The van der Waals surface area contributed by atoms with Crippen LogP contribution in [0.15, 0.2) is 0 Å². The molecule has 0 saturated heterocycles. The molecule has 0 heterocycles. The third-order valence-electron chi connectivity index (χ3n) is 2.60. The Morgan fingerprint density at radius 3 is 2.67 bits per heavy atom. The van der Waals surface area contributed by atoms with Crippen molar-refractivity contribution in [3.05, 3.63) is 0 Å². The topological polar surface area (TPSA) is 47.3 Å². The maximum Gasteiger partial charge on any atom is 0.0946 e. The third-order valence-corrected chi connectivity index (χ3v) is 2.60. The van der Waals surface area contributed by atoms with Crippen molar-refractivity contribution in [2.75, 3.05) is 13.6 Å². The highest BCUT2D eigenvalue weighted by Gasteiger charge is 2.28. The molecule has 3 heteroatoms. The molecule has 0 radical (unpaired) electrons. The molecule has 0 amide bonds. The fourth-order valence-electron chi connectivity index (χ4n) is 1.51. The van der Waals surface area contributed by atoms with E-state index in [2.05, 4.69) is 6.07 Å². The minimum absolute atomic E-state index is 0.0113. The fourth-order valence-corrected chi connectivity index (χ4v) is 1.51. The largest absolute Gasteiger partial charge is 0.393 e. The predicted octanol–water partition coefficient (Wildman–Crippen LogP) is 0.601. The minimum Gasteiger partial charge on any atom is -0.393 e. The molecule has 1 fully saturated rings. The fraction of sp³-hybridized carbons (Fsp3) is 0.889. The molecule has 0 aromatic carbocycles. The van der Waals surface area contributed by atoms with Gasteiger partial charge in [0.1, 0.15) is 0 Å². The van der Waals surface area contributed by atoms with Crippen molar-refractivity contribution in [1.82, 2.24) is 4.90 Å². The van der Waals surface area contributed by atoms with E-state index in [1.165, 1.54) is 0 Å². The average Bonchev–Trinajstić information content (AvgIpc) is 2.00. The summed E-state index contributed by atoms with van der Waals surface area (Å²) < 4.78 is 0. The van der Waals surface area contributed by atoms with E-state index in [0.717, 1.165) is 19.4 Å². The first-order valence-electron chi connectivity index (χ1n) is 4.41. The number of aliphatic hydroxyl groups is 1. The second-order valence-corrected chi connectivity index (χ2v) is 3.74. The van der Waals surface area contributed by atoms with Gasteiger partial charge in [-0.1, -0.05) is 0 Å². The van der Waals surface area contributed by atoms with Gasteiger partial charge < -0.3 is 5.11 Å². The molecule has 1 aliphatic carbocycles. The maximum absolute atomic E-state index is 9.04. The smallest absolute Gasteiger partial charge is 0.0946 e. The summed E-state index contributed by atoms with van der Waals surface area (Å²) in [5.41, 5.74) is 0. The summed E-state index contributed by atoms with van der Waals surface area (Å²) in [4.78, 5) is 2.04. The van der Waals surface area contributed by atoms with Gasteiger partial charge >= 0.3 is 0 Å². The summed E-state index contributed by atoms with van der Waals surface area (Å²) in [6.45, 7) is 2.83. The van der Waals surface area contributed by atoms with Crippen molar-refractivity contribution in [1.29, 1.82) is 5.26 Å².